The van der Waals surface area contributed by atoms with Crippen LogP contribution in [0.15, 0.2) is 36.5 Å². The van der Waals surface area contributed by atoms with Gasteiger partial charge in [-0.05, 0) is 51.4 Å². The van der Waals surface area contributed by atoms with Crippen LogP contribution in [0.2, 0.25) is 0 Å². The highest BCUT2D eigenvalue weighted by atomic mass is 16.3. The van der Waals surface area contributed by atoms with E-state index in [1.165, 1.54) is 225 Å². The molecule has 3 N–H and O–H groups in total. The first-order chi connectivity index (χ1) is 28.2. The van der Waals surface area contributed by atoms with Crippen molar-refractivity contribution in [1.29, 1.82) is 0 Å². The van der Waals surface area contributed by atoms with Gasteiger partial charge < -0.3 is 15.5 Å². The van der Waals surface area contributed by atoms with Crippen molar-refractivity contribution in [2.24, 2.45) is 0 Å². The summed E-state index contributed by atoms with van der Waals surface area (Å²) in [7, 11) is 0. The molecule has 336 valence electrons. The number of amides is 1. The topological polar surface area (TPSA) is 69.6 Å². The Kier molecular flexibility index (Phi) is 47.8. The largest absolute Gasteiger partial charge is 0.394 e. The van der Waals surface area contributed by atoms with E-state index in [2.05, 4.69) is 43.5 Å². The highest BCUT2D eigenvalue weighted by molar-refractivity contribution is 5.76. The van der Waals surface area contributed by atoms with Gasteiger partial charge in [-0.15, -0.1) is 0 Å². The van der Waals surface area contributed by atoms with Crippen molar-refractivity contribution >= 4 is 5.91 Å². The second kappa shape index (κ2) is 49.0. The lowest BCUT2D eigenvalue weighted by Gasteiger charge is -2.20. The number of nitrogens with one attached hydrogen (secondary N) is 1. The van der Waals surface area contributed by atoms with Crippen LogP contribution < -0.4 is 5.32 Å². The first kappa shape index (κ1) is 55.6. The van der Waals surface area contributed by atoms with Crippen LogP contribution in [-0.2, 0) is 4.79 Å². The molecule has 0 rings (SSSR count). The molecular formula is C53H101NO3. The van der Waals surface area contributed by atoms with Gasteiger partial charge in [0.1, 0.15) is 0 Å². The average molecular weight is 800 g/mol. The molecule has 57 heavy (non-hydrogen) atoms. The number of unbranched alkanes of at least 4 members (excludes halogenated alkanes) is 36. The SMILES string of the molecule is CCCCC/C=C\C/C=C\CCCCCCCCCCCC(=O)NC(CO)C(O)/C=C/CCCCCCCCCCCCCCCCCCCCCCCCCC. The summed E-state index contributed by atoms with van der Waals surface area (Å²) in [4.78, 5) is 12.4. The average Bonchev–Trinajstić information content (AvgIpc) is 3.22. The van der Waals surface area contributed by atoms with E-state index in [1.54, 1.807) is 6.08 Å². The standard InChI is InChI=1S/C53H101NO3/c1-3-5-7-9-11-13-15-17-19-21-23-24-25-26-27-28-29-31-32-34-36-38-40-42-44-46-48-52(56)51(50-55)54-53(57)49-47-45-43-41-39-37-35-33-30-22-20-18-16-14-12-10-8-6-4-2/h12,14,18,20,46,48,51-52,55-56H,3-11,13,15-17,19,21-45,47,49-50H2,1-2H3,(H,54,57)/b14-12-,20-18-,48-46+. The predicted molar refractivity (Wildman–Crippen MR) is 253 cm³/mol. The summed E-state index contributed by atoms with van der Waals surface area (Å²) in [5, 5.41) is 23.1. The third kappa shape index (κ3) is 45.5. The molecular weight excluding hydrogens is 699 g/mol. The number of carbonyl (C=O) groups excluding carboxylic acids is 1. The minimum Gasteiger partial charge on any atom is -0.394 e. The highest BCUT2D eigenvalue weighted by Gasteiger charge is 2.18. The zero-order valence-corrected chi connectivity index (χ0v) is 38.6. The fraction of sp³-hybridized carbons (Fsp3) is 0.868. The van der Waals surface area contributed by atoms with Crippen molar-refractivity contribution < 1.29 is 15.0 Å². The van der Waals surface area contributed by atoms with E-state index >= 15 is 0 Å². The zero-order chi connectivity index (χ0) is 41.4. The Balaban J connectivity index is 3.50. The van der Waals surface area contributed by atoms with Gasteiger partial charge in [0.15, 0.2) is 0 Å². The Morgan fingerprint density at radius 2 is 0.719 bits per heavy atom. The normalized spacial score (nSPS) is 13.1. The Morgan fingerprint density at radius 3 is 1.09 bits per heavy atom. The van der Waals surface area contributed by atoms with Gasteiger partial charge >= 0.3 is 0 Å². The van der Waals surface area contributed by atoms with Crippen molar-refractivity contribution in [3.63, 3.8) is 0 Å². The van der Waals surface area contributed by atoms with Gasteiger partial charge in [-0.1, -0.05) is 256 Å². The van der Waals surface area contributed by atoms with Crippen molar-refractivity contribution in [2.45, 2.75) is 289 Å². The fourth-order valence-corrected chi connectivity index (χ4v) is 7.92. The van der Waals surface area contributed by atoms with Crippen LogP contribution in [0, 0.1) is 0 Å². The third-order valence-corrected chi connectivity index (χ3v) is 11.9. The minimum absolute atomic E-state index is 0.0661. The van der Waals surface area contributed by atoms with Gasteiger partial charge in [0.2, 0.25) is 5.91 Å². The van der Waals surface area contributed by atoms with Gasteiger partial charge in [0, 0.05) is 6.42 Å². The molecule has 0 fully saturated rings. The van der Waals surface area contributed by atoms with Gasteiger partial charge in [0.25, 0.3) is 0 Å². The summed E-state index contributed by atoms with van der Waals surface area (Å²) < 4.78 is 0. The van der Waals surface area contributed by atoms with E-state index in [0.717, 1.165) is 32.1 Å². The van der Waals surface area contributed by atoms with Crippen molar-refractivity contribution in [2.75, 3.05) is 6.61 Å². The number of aliphatic hydroxyl groups is 2. The molecule has 0 saturated heterocycles. The molecule has 0 aromatic heterocycles. The predicted octanol–water partition coefficient (Wildman–Crippen LogP) is 16.5. The third-order valence-electron chi connectivity index (χ3n) is 11.9. The maximum Gasteiger partial charge on any atom is 0.220 e. The fourth-order valence-electron chi connectivity index (χ4n) is 7.92. The molecule has 4 nitrogen and oxygen atoms in total. The second-order valence-corrected chi connectivity index (χ2v) is 17.6. The van der Waals surface area contributed by atoms with Crippen LogP contribution in [0.5, 0.6) is 0 Å². The first-order valence-electron chi connectivity index (χ1n) is 25.7. The first-order valence-corrected chi connectivity index (χ1v) is 25.7. The summed E-state index contributed by atoms with van der Waals surface area (Å²) in [5.74, 6) is -0.0661. The van der Waals surface area contributed by atoms with E-state index < -0.39 is 12.1 Å². The Bertz CT molecular complexity index is 866. The van der Waals surface area contributed by atoms with E-state index in [-0.39, 0.29) is 12.5 Å². The number of carbonyl (C=O) groups is 1. The van der Waals surface area contributed by atoms with Gasteiger partial charge in [-0.2, -0.15) is 0 Å². The van der Waals surface area contributed by atoms with E-state index in [4.69, 9.17) is 0 Å². The van der Waals surface area contributed by atoms with Crippen LogP contribution in [0.25, 0.3) is 0 Å². The van der Waals surface area contributed by atoms with E-state index in [9.17, 15) is 15.0 Å². The second-order valence-electron chi connectivity index (χ2n) is 17.6. The lowest BCUT2D eigenvalue weighted by atomic mass is 10.0. The maximum absolute atomic E-state index is 12.4. The quantitative estimate of drug-likeness (QED) is 0.0424. The summed E-state index contributed by atoms with van der Waals surface area (Å²) >= 11 is 0. The van der Waals surface area contributed by atoms with Crippen LogP contribution >= 0.6 is 0 Å². The molecule has 0 aliphatic carbocycles. The molecule has 0 aliphatic heterocycles. The van der Waals surface area contributed by atoms with Gasteiger partial charge in [-0.25, -0.2) is 0 Å². The molecule has 1 amide bonds. The van der Waals surface area contributed by atoms with Crippen LogP contribution in [0.3, 0.4) is 0 Å². The Morgan fingerprint density at radius 1 is 0.421 bits per heavy atom. The van der Waals surface area contributed by atoms with Crippen molar-refractivity contribution in [1.82, 2.24) is 5.32 Å². The molecule has 2 atom stereocenters. The lowest BCUT2D eigenvalue weighted by Crippen LogP contribution is -2.45. The number of aliphatic hydroxyl groups excluding tert-OH is 2. The summed E-state index contributed by atoms with van der Waals surface area (Å²) in [6, 6.07) is -0.624. The molecule has 0 spiro atoms. The van der Waals surface area contributed by atoms with Gasteiger partial charge in [-0.3, -0.25) is 4.79 Å². The Labute approximate surface area is 357 Å². The van der Waals surface area contributed by atoms with E-state index in [1.807, 2.05) is 6.08 Å². The van der Waals surface area contributed by atoms with E-state index in [0.29, 0.717) is 6.42 Å². The van der Waals surface area contributed by atoms with Gasteiger partial charge in [0.05, 0.1) is 18.8 Å². The molecule has 0 radical (unpaired) electrons. The smallest absolute Gasteiger partial charge is 0.220 e. The van der Waals surface area contributed by atoms with Crippen LogP contribution in [-0.4, -0.2) is 34.9 Å². The molecule has 0 aromatic carbocycles. The summed E-state index contributed by atoms with van der Waals surface area (Å²) in [6.45, 7) is 4.31. The molecule has 0 aliphatic rings. The van der Waals surface area contributed by atoms with Crippen molar-refractivity contribution in [3.05, 3.63) is 36.5 Å². The maximum atomic E-state index is 12.4. The lowest BCUT2D eigenvalue weighted by molar-refractivity contribution is -0.123. The molecule has 2 unspecified atom stereocenters. The van der Waals surface area contributed by atoms with Crippen LogP contribution in [0.4, 0.5) is 0 Å². The van der Waals surface area contributed by atoms with Crippen LogP contribution in [0.1, 0.15) is 277 Å². The molecule has 0 aromatic rings. The Hall–Kier alpha value is -1.39. The summed E-state index contributed by atoms with van der Waals surface area (Å²) in [5.41, 5.74) is 0. The molecule has 4 heteroatoms. The zero-order valence-electron chi connectivity index (χ0n) is 38.6. The number of rotatable bonds is 47. The molecule has 0 heterocycles. The number of allylic oxidation sites excluding steroid dienone is 5. The summed E-state index contributed by atoms with van der Waals surface area (Å²) in [6.07, 6.45) is 65.7. The monoisotopic (exact) mass is 800 g/mol. The number of hydrogen-bond donors (Lipinski definition) is 3. The molecule has 0 bridgehead atoms. The highest BCUT2D eigenvalue weighted by Crippen LogP contribution is 2.17. The molecule has 0 saturated carbocycles. The number of hydrogen-bond acceptors (Lipinski definition) is 3. The minimum atomic E-state index is -0.841. The van der Waals surface area contributed by atoms with Crippen molar-refractivity contribution in [3.8, 4) is 0 Å².